The average molecular weight is 465 g/mol. The molecule has 0 fully saturated rings. The van der Waals surface area contributed by atoms with E-state index in [1.165, 1.54) is 40.4 Å². The molecule has 0 unspecified atom stereocenters. The molecule has 0 atom stereocenters. The number of nitrogens with zero attached hydrogens (tertiary/aromatic N) is 1. The van der Waals surface area contributed by atoms with Crippen molar-refractivity contribution in [1.82, 2.24) is 4.98 Å². The molecular formula is C17H12Cl2F2N2O3S2. The number of rotatable bonds is 7. The van der Waals surface area contributed by atoms with Crippen LogP contribution in [0.15, 0.2) is 46.1 Å². The topological polar surface area (TPSA) is 68.3 Å². The van der Waals surface area contributed by atoms with Crippen molar-refractivity contribution in [1.29, 1.82) is 0 Å². The lowest BCUT2D eigenvalue weighted by Gasteiger charge is -2.12. The molecule has 3 rings (SSSR count). The number of ether oxygens (including phenoxy) is 1. The van der Waals surface area contributed by atoms with Crippen LogP contribution in [0.5, 0.6) is 5.75 Å². The Hall–Kier alpha value is -1.94. The Bertz CT molecular complexity index is 1090. The first kappa shape index (κ1) is 20.8. The number of halogens is 4. The van der Waals surface area contributed by atoms with E-state index in [0.717, 1.165) is 12.1 Å². The normalized spacial score (nSPS) is 11.4. The van der Waals surface area contributed by atoms with Gasteiger partial charge in [-0.05, 0) is 29.8 Å². The van der Waals surface area contributed by atoms with E-state index in [2.05, 4.69) is 9.71 Å². The Labute approximate surface area is 173 Å². The minimum absolute atomic E-state index is 0.0143. The molecule has 0 amide bonds. The van der Waals surface area contributed by atoms with Crippen LogP contribution in [0.2, 0.25) is 10.0 Å². The summed E-state index contributed by atoms with van der Waals surface area (Å²) in [5.74, 6) is -1.48. The lowest BCUT2D eigenvalue weighted by atomic mass is 10.1. The predicted molar refractivity (Wildman–Crippen MR) is 105 cm³/mol. The van der Waals surface area contributed by atoms with Gasteiger partial charge in [0.2, 0.25) is 0 Å². The first-order valence-corrected chi connectivity index (χ1v) is 10.9. The quantitative estimate of drug-likeness (QED) is 0.524. The van der Waals surface area contributed by atoms with Crippen molar-refractivity contribution in [2.75, 3.05) is 11.3 Å². The number of hydrogen-bond donors (Lipinski definition) is 1. The Balaban J connectivity index is 1.74. The molecule has 1 heterocycles. The fourth-order valence-corrected chi connectivity index (χ4v) is 4.41. The molecule has 2 aromatic carbocycles. The van der Waals surface area contributed by atoms with Crippen molar-refractivity contribution in [3.05, 3.63) is 68.5 Å². The minimum Gasteiger partial charge on any atom is -0.492 e. The highest BCUT2D eigenvalue weighted by atomic mass is 35.5. The van der Waals surface area contributed by atoms with Gasteiger partial charge in [-0.3, -0.25) is 4.72 Å². The van der Waals surface area contributed by atoms with Gasteiger partial charge in [0.25, 0.3) is 10.0 Å². The fraction of sp³-hybridized carbons (Fsp3) is 0.118. The van der Waals surface area contributed by atoms with Crippen LogP contribution < -0.4 is 9.46 Å². The van der Waals surface area contributed by atoms with E-state index >= 15 is 0 Å². The van der Waals surface area contributed by atoms with Gasteiger partial charge in [-0.1, -0.05) is 23.2 Å². The summed E-state index contributed by atoms with van der Waals surface area (Å²) in [7, 11) is -4.21. The average Bonchev–Trinajstić information content (AvgIpc) is 3.12. The minimum atomic E-state index is -4.21. The van der Waals surface area contributed by atoms with Crippen LogP contribution in [0, 0.1) is 11.6 Å². The molecule has 1 aromatic heterocycles. The molecule has 0 spiro atoms. The molecule has 1 N–H and O–H groups in total. The van der Waals surface area contributed by atoms with Gasteiger partial charge in [-0.2, -0.15) is 0 Å². The summed E-state index contributed by atoms with van der Waals surface area (Å²) < 4.78 is 60.2. The number of aromatic nitrogens is 1. The zero-order valence-corrected chi connectivity index (χ0v) is 17.1. The van der Waals surface area contributed by atoms with Crippen LogP contribution in [0.1, 0.15) is 5.56 Å². The van der Waals surface area contributed by atoms with Gasteiger partial charge in [0.15, 0.2) is 5.82 Å². The van der Waals surface area contributed by atoms with Gasteiger partial charge in [-0.15, -0.1) is 11.3 Å². The van der Waals surface area contributed by atoms with Crippen molar-refractivity contribution in [3.63, 3.8) is 0 Å². The lowest BCUT2D eigenvalue weighted by Crippen LogP contribution is -2.15. The van der Waals surface area contributed by atoms with Gasteiger partial charge >= 0.3 is 0 Å². The molecule has 0 bridgehead atoms. The first-order chi connectivity index (χ1) is 13.3. The molecule has 28 heavy (non-hydrogen) atoms. The highest BCUT2D eigenvalue weighted by molar-refractivity contribution is 7.92. The van der Waals surface area contributed by atoms with Crippen molar-refractivity contribution in [2.24, 2.45) is 0 Å². The van der Waals surface area contributed by atoms with Gasteiger partial charge in [0.05, 0.1) is 17.1 Å². The predicted octanol–water partition coefficient (Wildman–Crippen LogP) is 5.15. The Morgan fingerprint density at radius 1 is 1.14 bits per heavy atom. The standard InChI is InChI=1S/C17H12Cl2F2N2O3S2/c18-11-1-2-13(20)10(5-11)3-4-26-15-7-14(21)16(6-12(15)19)28(24,25)23-17-8-27-9-22-17/h1-2,5-9,23H,3-4H2. The largest absolute Gasteiger partial charge is 0.492 e. The molecule has 5 nitrogen and oxygen atoms in total. The molecule has 148 valence electrons. The number of sulfonamides is 1. The summed E-state index contributed by atoms with van der Waals surface area (Å²) in [5.41, 5.74) is 1.76. The molecule has 3 aromatic rings. The van der Waals surface area contributed by atoms with E-state index in [-0.39, 0.29) is 29.6 Å². The zero-order chi connectivity index (χ0) is 20.3. The summed E-state index contributed by atoms with van der Waals surface area (Å²) in [5, 5.41) is 1.73. The fourth-order valence-electron chi connectivity index (χ4n) is 2.29. The molecule has 0 aliphatic carbocycles. The highest BCUT2D eigenvalue weighted by Crippen LogP contribution is 2.31. The van der Waals surface area contributed by atoms with E-state index in [9.17, 15) is 17.2 Å². The Morgan fingerprint density at radius 2 is 1.93 bits per heavy atom. The monoisotopic (exact) mass is 464 g/mol. The Kier molecular flexibility index (Phi) is 6.39. The van der Waals surface area contributed by atoms with Crippen molar-refractivity contribution in [3.8, 4) is 5.75 Å². The molecule has 11 heteroatoms. The van der Waals surface area contributed by atoms with E-state index in [0.29, 0.717) is 10.6 Å². The molecule has 0 saturated carbocycles. The van der Waals surface area contributed by atoms with Crippen LogP contribution in [0.4, 0.5) is 14.6 Å². The van der Waals surface area contributed by atoms with Crippen LogP contribution in [0.3, 0.4) is 0 Å². The maximum atomic E-state index is 14.4. The second kappa shape index (κ2) is 8.60. The number of thiazole rings is 1. The zero-order valence-electron chi connectivity index (χ0n) is 14.0. The smallest absolute Gasteiger partial charge is 0.266 e. The summed E-state index contributed by atoms with van der Waals surface area (Å²) in [6.07, 6.45) is 0.162. The summed E-state index contributed by atoms with van der Waals surface area (Å²) in [4.78, 5) is 3.15. The molecular weight excluding hydrogens is 453 g/mol. The van der Waals surface area contributed by atoms with Crippen LogP contribution >= 0.6 is 34.5 Å². The second-order valence-corrected chi connectivity index (χ2v) is 8.74. The molecule has 0 radical (unpaired) electrons. The number of nitrogens with one attached hydrogen (secondary N) is 1. The van der Waals surface area contributed by atoms with E-state index in [1.807, 2.05) is 0 Å². The molecule has 0 saturated heterocycles. The van der Waals surface area contributed by atoms with Crippen LogP contribution in [0.25, 0.3) is 0 Å². The maximum absolute atomic E-state index is 14.4. The first-order valence-electron chi connectivity index (χ1n) is 7.73. The molecule has 0 aliphatic heterocycles. The number of anilines is 1. The number of hydrogen-bond acceptors (Lipinski definition) is 5. The van der Waals surface area contributed by atoms with Gasteiger partial charge in [-0.25, -0.2) is 22.2 Å². The van der Waals surface area contributed by atoms with Crippen LogP contribution in [-0.4, -0.2) is 20.0 Å². The van der Waals surface area contributed by atoms with Crippen LogP contribution in [-0.2, 0) is 16.4 Å². The van der Waals surface area contributed by atoms with Gasteiger partial charge in [0, 0.05) is 22.9 Å². The van der Waals surface area contributed by atoms with Crippen molar-refractivity contribution < 1.29 is 21.9 Å². The van der Waals surface area contributed by atoms with Crippen molar-refractivity contribution in [2.45, 2.75) is 11.3 Å². The third-order valence-electron chi connectivity index (χ3n) is 3.58. The Morgan fingerprint density at radius 3 is 2.64 bits per heavy atom. The third kappa shape index (κ3) is 4.91. The second-order valence-electron chi connectivity index (χ2n) is 5.53. The summed E-state index contributed by atoms with van der Waals surface area (Å²) in [6, 6.07) is 5.93. The van der Waals surface area contributed by atoms with Gasteiger partial charge in [0.1, 0.15) is 22.3 Å². The summed E-state index contributed by atoms with van der Waals surface area (Å²) >= 11 is 13.0. The van der Waals surface area contributed by atoms with E-state index < -0.39 is 26.6 Å². The lowest BCUT2D eigenvalue weighted by molar-refractivity contribution is 0.318. The van der Waals surface area contributed by atoms with Crippen molar-refractivity contribution >= 4 is 50.4 Å². The highest BCUT2D eigenvalue weighted by Gasteiger charge is 2.22. The van der Waals surface area contributed by atoms with E-state index in [4.69, 9.17) is 27.9 Å². The SMILES string of the molecule is O=S(=O)(Nc1cscn1)c1cc(Cl)c(OCCc2cc(Cl)ccc2F)cc1F. The molecule has 0 aliphatic rings. The van der Waals surface area contributed by atoms with Gasteiger partial charge < -0.3 is 4.74 Å². The maximum Gasteiger partial charge on any atom is 0.266 e. The number of benzene rings is 2. The summed E-state index contributed by atoms with van der Waals surface area (Å²) in [6.45, 7) is -0.0143. The van der Waals surface area contributed by atoms with E-state index in [1.54, 1.807) is 0 Å². The third-order valence-corrected chi connectivity index (χ3v) is 6.07.